The fourth-order valence-corrected chi connectivity index (χ4v) is 7.04. The van der Waals surface area contributed by atoms with Gasteiger partial charge in [0, 0.05) is 22.9 Å². The van der Waals surface area contributed by atoms with Crippen molar-refractivity contribution < 1.29 is 9.53 Å². The number of benzene rings is 2. The van der Waals surface area contributed by atoms with Gasteiger partial charge < -0.3 is 10.1 Å². The Morgan fingerprint density at radius 3 is 2.79 bits per heavy atom. The third kappa shape index (κ3) is 5.09. The van der Waals surface area contributed by atoms with Crippen molar-refractivity contribution in [3.63, 3.8) is 0 Å². The Bertz CT molecular complexity index is 1760. The van der Waals surface area contributed by atoms with Gasteiger partial charge >= 0.3 is 0 Å². The summed E-state index contributed by atoms with van der Waals surface area (Å²) in [4.78, 5) is 28.5. The lowest BCUT2D eigenvalue weighted by molar-refractivity contribution is -0.118. The predicted octanol–water partition coefficient (Wildman–Crippen LogP) is 5.05. The van der Waals surface area contributed by atoms with Gasteiger partial charge in [-0.05, 0) is 49.6 Å². The predicted molar refractivity (Wildman–Crippen MR) is 155 cm³/mol. The van der Waals surface area contributed by atoms with Crippen molar-refractivity contribution >= 4 is 56.6 Å². The van der Waals surface area contributed by atoms with Gasteiger partial charge in [0.1, 0.15) is 4.83 Å². The lowest BCUT2D eigenvalue weighted by Crippen LogP contribution is -2.32. The number of fused-ring (bicyclic) bond motifs is 5. The van der Waals surface area contributed by atoms with E-state index in [1.54, 1.807) is 22.8 Å². The van der Waals surface area contributed by atoms with E-state index in [4.69, 9.17) is 16.3 Å². The lowest BCUT2D eigenvalue weighted by Gasteiger charge is -2.29. The number of carbonyl (C=O) groups is 1. The molecule has 0 aliphatic carbocycles. The Labute approximate surface area is 238 Å². The molecule has 0 unspecified atom stereocenters. The van der Waals surface area contributed by atoms with E-state index in [9.17, 15) is 9.59 Å². The fourth-order valence-electron chi connectivity index (χ4n) is 4.82. The van der Waals surface area contributed by atoms with Gasteiger partial charge in [-0.2, -0.15) is 0 Å². The number of thioether (sulfide) groups is 1. The smallest absolute Gasteiger partial charge is 0.268 e. The maximum atomic E-state index is 14.0. The van der Waals surface area contributed by atoms with E-state index < -0.39 is 0 Å². The fraction of sp³-hybridized carbons (Fsp3) is 0.286. The number of nitrogens with one attached hydrogen (secondary N) is 1. The first kappa shape index (κ1) is 26.1. The number of thiophene rings is 1. The highest BCUT2D eigenvalue weighted by atomic mass is 35.5. The first-order chi connectivity index (χ1) is 18.8. The number of carbonyl (C=O) groups excluding carboxylic acids is 1. The molecule has 2 aromatic carbocycles. The van der Waals surface area contributed by atoms with Crippen molar-refractivity contribution in [2.45, 2.75) is 44.1 Å². The molecule has 11 heteroatoms. The molecule has 200 valence electrons. The van der Waals surface area contributed by atoms with Gasteiger partial charge in [-0.25, -0.2) is 8.97 Å². The van der Waals surface area contributed by atoms with Crippen LogP contribution in [0, 0.1) is 0 Å². The van der Waals surface area contributed by atoms with E-state index in [1.807, 2.05) is 54.6 Å². The summed E-state index contributed by atoms with van der Waals surface area (Å²) in [5.41, 5.74) is 2.22. The number of hydrogen-bond acceptors (Lipinski definition) is 7. The van der Waals surface area contributed by atoms with Crippen LogP contribution in [0.25, 0.3) is 21.7 Å². The summed E-state index contributed by atoms with van der Waals surface area (Å²) < 4.78 is 9.49. The molecular formula is C28H26ClN5O3S2. The summed E-state index contributed by atoms with van der Waals surface area (Å²) >= 11 is 9.11. The SMILES string of the molecule is CC1(C)Cc2c(sc3c2c(=O)n(-c2cccc(Cl)c2)c2nnc(SCC(=O)NCCc4ccccc4)n32)CO1. The molecule has 39 heavy (non-hydrogen) atoms. The number of rotatable bonds is 7. The molecule has 6 rings (SSSR count). The summed E-state index contributed by atoms with van der Waals surface area (Å²) in [6.07, 6.45) is 1.38. The maximum Gasteiger partial charge on any atom is 0.268 e. The number of halogens is 1. The number of ether oxygens (including phenoxy) is 1. The molecule has 0 saturated carbocycles. The van der Waals surface area contributed by atoms with Gasteiger partial charge in [-0.15, -0.1) is 21.5 Å². The zero-order chi connectivity index (χ0) is 27.1. The van der Waals surface area contributed by atoms with Crippen LogP contribution in [-0.2, 0) is 29.0 Å². The summed E-state index contributed by atoms with van der Waals surface area (Å²) in [7, 11) is 0. The standard InChI is InChI=1S/C28H26ClN5O3S2/c1-28(2)14-20-21(15-37-28)39-25-23(20)24(36)33(19-10-6-9-18(29)13-19)26-31-32-27(34(25)26)38-16-22(35)30-12-11-17-7-4-3-5-8-17/h3-10,13H,11-12,14-16H2,1-2H3,(H,30,35). The van der Waals surface area contributed by atoms with E-state index in [0.717, 1.165) is 21.7 Å². The molecule has 8 nitrogen and oxygen atoms in total. The first-order valence-corrected chi connectivity index (χ1v) is 14.8. The van der Waals surface area contributed by atoms with Gasteiger partial charge in [0.2, 0.25) is 11.7 Å². The van der Waals surface area contributed by atoms with Gasteiger partial charge in [-0.1, -0.05) is 59.8 Å². The van der Waals surface area contributed by atoms with Gasteiger partial charge in [0.15, 0.2) is 5.16 Å². The summed E-state index contributed by atoms with van der Waals surface area (Å²) in [5.74, 6) is 0.461. The molecular weight excluding hydrogens is 554 g/mol. The molecule has 5 aromatic rings. The van der Waals surface area contributed by atoms with Crippen molar-refractivity contribution in [3.05, 3.63) is 86.0 Å². The van der Waals surface area contributed by atoms with Gasteiger partial charge in [0.25, 0.3) is 5.56 Å². The van der Waals surface area contributed by atoms with Crippen molar-refractivity contribution in [2.24, 2.45) is 0 Å². The molecule has 0 bridgehead atoms. The minimum absolute atomic E-state index is 0.0901. The van der Waals surface area contributed by atoms with Crippen molar-refractivity contribution in [2.75, 3.05) is 12.3 Å². The van der Waals surface area contributed by atoms with Crippen molar-refractivity contribution in [3.8, 4) is 5.69 Å². The normalized spacial score (nSPS) is 14.5. The second kappa shape index (κ2) is 10.4. The van der Waals surface area contributed by atoms with Crippen LogP contribution in [0.2, 0.25) is 5.02 Å². The molecule has 0 radical (unpaired) electrons. The molecule has 4 heterocycles. The molecule has 0 saturated heterocycles. The van der Waals surface area contributed by atoms with Crippen LogP contribution < -0.4 is 10.9 Å². The van der Waals surface area contributed by atoms with Crippen LogP contribution in [0.1, 0.15) is 29.9 Å². The highest BCUT2D eigenvalue weighted by molar-refractivity contribution is 7.99. The Balaban J connectivity index is 1.38. The summed E-state index contributed by atoms with van der Waals surface area (Å²) in [5, 5.41) is 13.5. The highest BCUT2D eigenvalue weighted by Crippen LogP contribution is 2.39. The molecule has 3 aromatic heterocycles. The van der Waals surface area contributed by atoms with E-state index in [2.05, 4.69) is 15.5 Å². The zero-order valence-electron chi connectivity index (χ0n) is 21.4. The molecule has 0 fully saturated rings. The minimum Gasteiger partial charge on any atom is -0.370 e. The van der Waals surface area contributed by atoms with E-state index in [1.165, 1.54) is 28.7 Å². The molecule has 1 amide bonds. The molecule has 1 aliphatic heterocycles. The monoisotopic (exact) mass is 579 g/mol. The second-order valence-corrected chi connectivity index (χ2v) is 12.5. The second-order valence-electron chi connectivity index (χ2n) is 10.0. The summed E-state index contributed by atoms with van der Waals surface area (Å²) in [6, 6.07) is 17.2. The Morgan fingerprint density at radius 1 is 1.18 bits per heavy atom. The van der Waals surface area contributed by atoms with Crippen molar-refractivity contribution in [1.29, 1.82) is 0 Å². The Hall–Kier alpha value is -3.18. The van der Waals surface area contributed by atoms with E-state index in [-0.39, 0.29) is 22.8 Å². The Kier molecular flexibility index (Phi) is 6.96. The third-order valence-electron chi connectivity index (χ3n) is 6.68. The van der Waals surface area contributed by atoms with Crippen LogP contribution in [0.5, 0.6) is 0 Å². The molecule has 1 N–H and O–H groups in total. The largest absolute Gasteiger partial charge is 0.370 e. The van der Waals surface area contributed by atoms with Gasteiger partial charge in [-0.3, -0.25) is 9.59 Å². The van der Waals surface area contributed by atoms with E-state index >= 15 is 0 Å². The molecule has 1 aliphatic rings. The van der Waals surface area contributed by atoms with Crippen LogP contribution in [0.15, 0.2) is 64.5 Å². The molecule has 0 spiro atoms. The zero-order valence-corrected chi connectivity index (χ0v) is 23.8. The van der Waals surface area contributed by atoms with Crippen LogP contribution >= 0.6 is 34.7 Å². The quantitative estimate of drug-likeness (QED) is 0.271. The third-order valence-corrected chi connectivity index (χ3v) is 9.04. The minimum atomic E-state index is -0.383. The maximum absolute atomic E-state index is 14.0. The van der Waals surface area contributed by atoms with Crippen LogP contribution in [0.4, 0.5) is 0 Å². The van der Waals surface area contributed by atoms with Crippen LogP contribution in [0.3, 0.4) is 0 Å². The number of aromatic nitrogens is 4. The number of hydrogen-bond donors (Lipinski definition) is 1. The lowest BCUT2D eigenvalue weighted by atomic mass is 9.94. The molecule has 0 atom stereocenters. The van der Waals surface area contributed by atoms with Crippen molar-refractivity contribution in [1.82, 2.24) is 24.5 Å². The van der Waals surface area contributed by atoms with Crippen LogP contribution in [-0.4, -0.2) is 43.0 Å². The van der Waals surface area contributed by atoms with Gasteiger partial charge in [0.05, 0.1) is 29.0 Å². The Morgan fingerprint density at radius 2 is 2.00 bits per heavy atom. The van der Waals surface area contributed by atoms with E-state index in [0.29, 0.717) is 46.6 Å². The highest BCUT2D eigenvalue weighted by Gasteiger charge is 2.32. The number of nitrogens with zero attached hydrogens (tertiary/aromatic N) is 4. The number of amides is 1. The summed E-state index contributed by atoms with van der Waals surface area (Å²) in [6.45, 7) is 5.05. The average molecular weight is 580 g/mol. The first-order valence-electron chi connectivity index (χ1n) is 12.6. The topological polar surface area (TPSA) is 90.5 Å². The average Bonchev–Trinajstić information content (AvgIpc) is 3.49.